The van der Waals surface area contributed by atoms with E-state index in [0.717, 1.165) is 28.8 Å². The van der Waals surface area contributed by atoms with Gasteiger partial charge in [0.05, 0.1) is 17.8 Å². The lowest BCUT2D eigenvalue weighted by Crippen LogP contribution is -2.46. The highest BCUT2D eigenvalue weighted by Gasteiger charge is 2.35. The first-order valence-corrected chi connectivity index (χ1v) is 11.2. The lowest BCUT2D eigenvalue weighted by Gasteiger charge is -2.38. The fraction of sp³-hybridized carbons (Fsp3) is 0.320. The Morgan fingerprint density at radius 1 is 1.12 bits per heavy atom. The van der Waals surface area contributed by atoms with Crippen molar-refractivity contribution in [3.63, 3.8) is 0 Å². The number of methoxy groups -OCH3 is 1. The third kappa shape index (κ3) is 5.26. The summed E-state index contributed by atoms with van der Waals surface area (Å²) in [5.41, 5.74) is 1.78. The zero-order chi connectivity index (χ0) is 23.3. The number of hydrogen-bond donors (Lipinski definition) is 1. The predicted octanol–water partition coefficient (Wildman–Crippen LogP) is 3.44. The Bertz CT molecular complexity index is 1170. The number of hydrogen-bond acceptors (Lipinski definition) is 5. The lowest BCUT2D eigenvalue weighted by molar-refractivity contribution is -0.122. The topological polar surface area (TPSA) is 82.5 Å². The molecule has 0 bridgehead atoms. The van der Waals surface area contributed by atoms with Crippen molar-refractivity contribution >= 4 is 17.5 Å². The summed E-state index contributed by atoms with van der Waals surface area (Å²) in [5, 5.41) is 7.90. The third-order valence-corrected chi connectivity index (χ3v) is 6.42. The van der Waals surface area contributed by atoms with Gasteiger partial charge in [-0.05, 0) is 42.7 Å². The molecule has 172 valence electrons. The Kier molecular flexibility index (Phi) is 7.11. The van der Waals surface area contributed by atoms with Crippen molar-refractivity contribution in [1.29, 1.82) is 0 Å². The molecule has 3 aromatic rings. The Morgan fingerprint density at radius 3 is 2.55 bits per heavy atom. The van der Waals surface area contributed by atoms with Crippen LogP contribution in [0.2, 0.25) is 5.02 Å². The fourth-order valence-corrected chi connectivity index (χ4v) is 4.34. The summed E-state index contributed by atoms with van der Waals surface area (Å²) in [6, 6.07) is 18.2. The van der Waals surface area contributed by atoms with Crippen molar-refractivity contribution in [2.24, 2.45) is 0 Å². The molecule has 0 unspecified atom stereocenters. The lowest BCUT2D eigenvalue weighted by atomic mass is 9.74. The molecule has 4 rings (SSSR count). The van der Waals surface area contributed by atoms with Gasteiger partial charge in [-0.1, -0.05) is 41.9 Å². The van der Waals surface area contributed by atoms with Crippen LogP contribution in [0.15, 0.2) is 65.5 Å². The summed E-state index contributed by atoms with van der Waals surface area (Å²) in [4.78, 5) is 25.1. The number of aromatic nitrogens is 2. The van der Waals surface area contributed by atoms with E-state index in [9.17, 15) is 9.59 Å². The molecule has 1 aliphatic rings. The average Bonchev–Trinajstić information content (AvgIpc) is 2.85. The summed E-state index contributed by atoms with van der Waals surface area (Å²) in [7, 11) is 1.64. The molecule has 0 saturated carbocycles. The summed E-state index contributed by atoms with van der Waals surface area (Å²) in [5.74, 6) is 0.508. The minimum atomic E-state index is -0.350. The van der Waals surface area contributed by atoms with E-state index in [2.05, 4.69) is 10.4 Å². The first-order valence-electron chi connectivity index (χ1n) is 10.8. The molecule has 1 fully saturated rings. The van der Waals surface area contributed by atoms with E-state index in [1.807, 2.05) is 42.5 Å². The smallest absolute Gasteiger partial charge is 0.267 e. The molecule has 8 heteroatoms. The molecular formula is C25H26ClN3O4. The number of rotatable bonds is 7. The summed E-state index contributed by atoms with van der Waals surface area (Å²) < 4.78 is 12.0. The van der Waals surface area contributed by atoms with Gasteiger partial charge >= 0.3 is 0 Å². The van der Waals surface area contributed by atoms with Crippen molar-refractivity contribution in [3.8, 4) is 17.0 Å². The van der Waals surface area contributed by atoms with E-state index >= 15 is 0 Å². The zero-order valence-electron chi connectivity index (χ0n) is 18.4. The number of ether oxygens (including phenoxy) is 2. The van der Waals surface area contributed by atoms with Gasteiger partial charge < -0.3 is 14.8 Å². The van der Waals surface area contributed by atoms with Crippen LogP contribution >= 0.6 is 11.6 Å². The number of benzene rings is 2. The van der Waals surface area contributed by atoms with Crippen LogP contribution in [0, 0.1) is 0 Å². The van der Waals surface area contributed by atoms with Gasteiger partial charge in [-0.3, -0.25) is 9.59 Å². The van der Waals surface area contributed by atoms with Crippen LogP contribution in [0.5, 0.6) is 5.75 Å². The summed E-state index contributed by atoms with van der Waals surface area (Å²) in [6.07, 6.45) is 1.58. The number of amides is 1. The minimum Gasteiger partial charge on any atom is -0.497 e. The second-order valence-corrected chi connectivity index (χ2v) is 8.50. The molecule has 1 aromatic heterocycles. The molecule has 1 N–H and O–H groups in total. The summed E-state index contributed by atoms with van der Waals surface area (Å²) >= 11 is 6.26. The molecule has 0 atom stereocenters. The molecular weight excluding hydrogens is 442 g/mol. The number of nitrogens with one attached hydrogen (secondary N) is 1. The van der Waals surface area contributed by atoms with E-state index in [-0.39, 0.29) is 23.4 Å². The van der Waals surface area contributed by atoms with Gasteiger partial charge in [0, 0.05) is 36.8 Å². The van der Waals surface area contributed by atoms with Gasteiger partial charge in [-0.25, -0.2) is 4.68 Å². The van der Waals surface area contributed by atoms with Crippen molar-refractivity contribution in [1.82, 2.24) is 15.1 Å². The Balaban J connectivity index is 1.49. The molecule has 2 heterocycles. The van der Waals surface area contributed by atoms with Crippen molar-refractivity contribution < 1.29 is 14.3 Å². The summed E-state index contributed by atoms with van der Waals surface area (Å²) in [6.45, 7) is 1.53. The monoisotopic (exact) mass is 467 g/mol. The number of nitrogens with zero attached hydrogens (tertiary/aromatic N) is 2. The van der Waals surface area contributed by atoms with Crippen LogP contribution in [-0.4, -0.2) is 42.6 Å². The molecule has 1 saturated heterocycles. The molecule has 0 spiro atoms. The van der Waals surface area contributed by atoms with E-state index in [4.69, 9.17) is 21.1 Å². The van der Waals surface area contributed by atoms with E-state index in [1.165, 1.54) is 6.07 Å². The van der Waals surface area contributed by atoms with E-state index in [0.29, 0.717) is 36.0 Å². The molecule has 7 nitrogen and oxygen atoms in total. The maximum absolute atomic E-state index is 12.8. The molecule has 1 amide bonds. The average molecular weight is 468 g/mol. The van der Waals surface area contributed by atoms with E-state index in [1.54, 1.807) is 19.2 Å². The first kappa shape index (κ1) is 23.0. The van der Waals surface area contributed by atoms with Crippen molar-refractivity contribution in [2.75, 3.05) is 26.9 Å². The highest BCUT2D eigenvalue weighted by atomic mass is 35.5. The van der Waals surface area contributed by atoms with Crippen LogP contribution < -0.4 is 15.6 Å². The second-order valence-electron chi connectivity index (χ2n) is 8.09. The predicted molar refractivity (Wildman–Crippen MR) is 127 cm³/mol. The Labute approximate surface area is 197 Å². The molecule has 0 aliphatic carbocycles. The highest BCUT2D eigenvalue weighted by molar-refractivity contribution is 6.33. The Morgan fingerprint density at radius 2 is 1.85 bits per heavy atom. The number of carbonyl (C=O) groups excluding carboxylic acids is 1. The third-order valence-electron chi connectivity index (χ3n) is 6.09. The Hall–Kier alpha value is -3.16. The van der Waals surface area contributed by atoms with Gasteiger partial charge in [-0.15, -0.1) is 0 Å². The van der Waals surface area contributed by atoms with Crippen LogP contribution in [0.3, 0.4) is 0 Å². The standard InChI is InChI=1S/C25H26ClN3O4/c1-32-19-8-6-18(7-9-19)25(12-14-33-15-13-25)17-27-23(30)16-29-24(31)11-10-22(28-29)20-4-2-3-5-21(20)26/h2-11H,12-17H2,1H3,(H,27,30). The van der Waals surface area contributed by atoms with Crippen LogP contribution in [0.1, 0.15) is 18.4 Å². The zero-order valence-corrected chi connectivity index (χ0v) is 19.2. The molecule has 1 aliphatic heterocycles. The van der Waals surface area contributed by atoms with Crippen molar-refractivity contribution in [3.05, 3.63) is 81.6 Å². The maximum atomic E-state index is 12.8. The van der Waals surface area contributed by atoms with Gasteiger partial charge in [0.1, 0.15) is 12.3 Å². The molecule has 0 radical (unpaired) electrons. The van der Waals surface area contributed by atoms with Gasteiger partial charge in [0.15, 0.2) is 0 Å². The minimum absolute atomic E-state index is 0.174. The van der Waals surface area contributed by atoms with E-state index < -0.39 is 0 Å². The molecule has 33 heavy (non-hydrogen) atoms. The van der Waals surface area contributed by atoms with Gasteiger partial charge in [0.25, 0.3) is 5.56 Å². The van der Waals surface area contributed by atoms with Gasteiger partial charge in [0.2, 0.25) is 5.91 Å². The molecule has 2 aromatic carbocycles. The normalized spacial score (nSPS) is 15.1. The maximum Gasteiger partial charge on any atom is 0.267 e. The largest absolute Gasteiger partial charge is 0.497 e. The highest BCUT2D eigenvalue weighted by Crippen LogP contribution is 2.35. The SMILES string of the molecule is COc1ccc(C2(CNC(=O)Cn3nc(-c4ccccc4Cl)ccc3=O)CCOCC2)cc1. The first-order chi connectivity index (χ1) is 16.0. The number of carbonyl (C=O) groups is 1. The van der Waals surface area contributed by atoms with Gasteiger partial charge in [-0.2, -0.15) is 5.10 Å². The second kappa shape index (κ2) is 10.2. The number of halogens is 1. The quantitative estimate of drug-likeness (QED) is 0.575. The fourth-order valence-electron chi connectivity index (χ4n) is 4.11. The van der Waals surface area contributed by atoms with Crippen molar-refractivity contribution in [2.45, 2.75) is 24.8 Å². The van der Waals surface area contributed by atoms with Crippen LogP contribution in [0.25, 0.3) is 11.3 Å². The van der Waals surface area contributed by atoms with Crippen LogP contribution in [0.4, 0.5) is 0 Å². The van der Waals surface area contributed by atoms with Crippen LogP contribution in [-0.2, 0) is 21.5 Å².